The summed E-state index contributed by atoms with van der Waals surface area (Å²) >= 11 is 0. The zero-order chi connectivity index (χ0) is 17.1. The SMILES string of the molecule is Cc1ccccc1CNc1ccc(C(=O)NC2CC2)cc1[N+](=O)[O-]. The molecule has 2 aromatic carbocycles. The van der Waals surface area contributed by atoms with Gasteiger partial charge >= 0.3 is 0 Å². The van der Waals surface area contributed by atoms with Crippen molar-refractivity contribution in [3.05, 3.63) is 69.3 Å². The first kappa shape index (κ1) is 16.0. The second-order valence-electron chi connectivity index (χ2n) is 6.02. The van der Waals surface area contributed by atoms with Gasteiger partial charge in [-0.3, -0.25) is 14.9 Å². The first-order valence-electron chi connectivity index (χ1n) is 7.92. The van der Waals surface area contributed by atoms with Crippen LogP contribution in [-0.2, 0) is 6.54 Å². The molecule has 1 saturated carbocycles. The first-order chi connectivity index (χ1) is 11.5. The quantitative estimate of drug-likeness (QED) is 0.629. The highest BCUT2D eigenvalue weighted by atomic mass is 16.6. The molecule has 2 aromatic rings. The molecule has 3 rings (SSSR count). The average molecular weight is 325 g/mol. The highest BCUT2D eigenvalue weighted by Crippen LogP contribution is 2.27. The fourth-order valence-electron chi connectivity index (χ4n) is 2.47. The third-order valence-electron chi connectivity index (χ3n) is 4.10. The number of nitrogens with one attached hydrogen (secondary N) is 2. The molecule has 2 N–H and O–H groups in total. The number of hydrogen-bond donors (Lipinski definition) is 2. The van der Waals surface area contributed by atoms with Crippen LogP contribution >= 0.6 is 0 Å². The monoisotopic (exact) mass is 325 g/mol. The minimum absolute atomic E-state index is 0.0907. The van der Waals surface area contributed by atoms with E-state index in [2.05, 4.69) is 10.6 Å². The van der Waals surface area contributed by atoms with Crippen LogP contribution in [0.2, 0.25) is 0 Å². The summed E-state index contributed by atoms with van der Waals surface area (Å²) in [4.78, 5) is 22.9. The third kappa shape index (κ3) is 3.71. The van der Waals surface area contributed by atoms with Crippen LogP contribution in [0.5, 0.6) is 0 Å². The predicted molar refractivity (Wildman–Crippen MR) is 92.1 cm³/mol. The van der Waals surface area contributed by atoms with Crippen LogP contribution < -0.4 is 10.6 Å². The summed E-state index contributed by atoms with van der Waals surface area (Å²) in [5.74, 6) is -0.258. The van der Waals surface area contributed by atoms with E-state index >= 15 is 0 Å². The van der Waals surface area contributed by atoms with E-state index in [4.69, 9.17) is 0 Å². The van der Waals surface area contributed by atoms with Gasteiger partial charge in [0.15, 0.2) is 0 Å². The molecule has 0 spiro atoms. The van der Waals surface area contributed by atoms with E-state index in [1.807, 2.05) is 31.2 Å². The molecule has 124 valence electrons. The number of amides is 1. The molecule has 0 saturated heterocycles. The Hall–Kier alpha value is -2.89. The van der Waals surface area contributed by atoms with Gasteiger partial charge in [-0.15, -0.1) is 0 Å². The summed E-state index contributed by atoms with van der Waals surface area (Å²) in [6.45, 7) is 2.48. The Morgan fingerprint density at radius 1 is 1.25 bits per heavy atom. The Balaban J connectivity index is 1.78. The van der Waals surface area contributed by atoms with Crippen molar-refractivity contribution in [2.24, 2.45) is 0 Å². The van der Waals surface area contributed by atoms with Gasteiger partial charge in [0.1, 0.15) is 5.69 Å². The number of hydrogen-bond acceptors (Lipinski definition) is 4. The van der Waals surface area contributed by atoms with Crippen molar-refractivity contribution in [1.82, 2.24) is 5.32 Å². The van der Waals surface area contributed by atoms with E-state index in [1.54, 1.807) is 12.1 Å². The van der Waals surface area contributed by atoms with Crippen molar-refractivity contribution in [3.63, 3.8) is 0 Å². The Morgan fingerprint density at radius 2 is 2.00 bits per heavy atom. The molecule has 1 fully saturated rings. The summed E-state index contributed by atoms with van der Waals surface area (Å²) in [6.07, 6.45) is 1.95. The Kier molecular flexibility index (Phi) is 4.46. The fourth-order valence-corrected chi connectivity index (χ4v) is 2.47. The van der Waals surface area contributed by atoms with Gasteiger partial charge in [-0.2, -0.15) is 0 Å². The molecular formula is C18H19N3O3. The summed E-state index contributed by atoms with van der Waals surface area (Å²) in [5.41, 5.74) is 2.82. The second-order valence-corrected chi connectivity index (χ2v) is 6.02. The number of nitro groups is 1. The van der Waals surface area contributed by atoms with Crippen molar-refractivity contribution >= 4 is 17.3 Å². The molecule has 1 amide bonds. The van der Waals surface area contributed by atoms with E-state index < -0.39 is 4.92 Å². The lowest BCUT2D eigenvalue weighted by Gasteiger charge is -2.10. The van der Waals surface area contributed by atoms with Gasteiger partial charge < -0.3 is 10.6 Å². The summed E-state index contributed by atoms with van der Waals surface area (Å²) in [7, 11) is 0. The standard InChI is InChI=1S/C18H19N3O3/c1-12-4-2-3-5-14(12)11-19-16-9-6-13(10-17(16)21(23)24)18(22)20-15-7-8-15/h2-6,9-10,15,19H,7-8,11H2,1H3,(H,20,22). The summed E-state index contributed by atoms with van der Waals surface area (Å²) in [5, 5.41) is 17.3. The van der Waals surface area contributed by atoms with E-state index in [0.717, 1.165) is 24.0 Å². The van der Waals surface area contributed by atoms with Crippen LogP contribution in [-0.4, -0.2) is 16.9 Å². The van der Waals surface area contributed by atoms with Gasteiger partial charge in [-0.1, -0.05) is 24.3 Å². The number of benzene rings is 2. The lowest BCUT2D eigenvalue weighted by atomic mass is 10.1. The number of nitrogens with zero attached hydrogens (tertiary/aromatic N) is 1. The fraction of sp³-hybridized carbons (Fsp3) is 0.278. The molecule has 6 heteroatoms. The second kappa shape index (κ2) is 6.70. The smallest absolute Gasteiger partial charge is 0.293 e. The van der Waals surface area contributed by atoms with E-state index in [-0.39, 0.29) is 17.6 Å². The maximum atomic E-state index is 12.1. The zero-order valence-corrected chi connectivity index (χ0v) is 13.4. The number of carbonyl (C=O) groups is 1. The number of rotatable bonds is 6. The van der Waals surface area contributed by atoms with Gasteiger partial charge in [0.25, 0.3) is 11.6 Å². The van der Waals surface area contributed by atoms with Crippen molar-refractivity contribution in [3.8, 4) is 0 Å². The Bertz CT molecular complexity index is 785. The third-order valence-corrected chi connectivity index (χ3v) is 4.10. The van der Waals surface area contributed by atoms with Crippen LogP contribution in [0.4, 0.5) is 11.4 Å². The lowest BCUT2D eigenvalue weighted by molar-refractivity contribution is -0.384. The number of anilines is 1. The van der Waals surface area contributed by atoms with Crippen LogP contribution in [0.15, 0.2) is 42.5 Å². The van der Waals surface area contributed by atoms with Crippen molar-refractivity contribution in [2.45, 2.75) is 32.4 Å². The predicted octanol–water partition coefficient (Wildman–Crippen LogP) is 3.41. The molecule has 0 aliphatic heterocycles. The molecule has 24 heavy (non-hydrogen) atoms. The maximum Gasteiger partial charge on any atom is 0.293 e. The van der Waals surface area contributed by atoms with Crippen molar-refractivity contribution < 1.29 is 9.72 Å². The largest absolute Gasteiger partial charge is 0.375 e. The molecule has 0 radical (unpaired) electrons. The van der Waals surface area contributed by atoms with Gasteiger partial charge in [0, 0.05) is 24.2 Å². The first-order valence-corrected chi connectivity index (χ1v) is 7.92. The molecule has 0 bridgehead atoms. The summed E-state index contributed by atoms with van der Waals surface area (Å²) in [6, 6.07) is 12.6. The van der Waals surface area contributed by atoms with Crippen molar-refractivity contribution in [1.29, 1.82) is 0 Å². The van der Waals surface area contributed by atoms with Gasteiger partial charge in [-0.05, 0) is 43.0 Å². The van der Waals surface area contributed by atoms with Crippen LogP contribution in [0.25, 0.3) is 0 Å². The van der Waals surface area contributed by atoms with E-state index in [0.29, 0.717) is 17.8 Å². The van der Waals surface area contributed by atoms with Gasteiger partial charge in [-0.25, -0.2) is 0 Å². The zero-order valence-electron chi connectivity index (χ0n) is 13.4. The molecule has 1 aliphatic rings. The average Bonchev–Trinajstić information content (AvgIpc) is 3.38. The molecule has 0 aromatic heterocycles. The van der Waals surface area contributed by atoms with E-state index in [1.165, 1.54) is 6.07 Å². The molecular weight excluding hydrogens is 306 g/mol. The Labute approximate surface area is 140 Å². The minimum atomic E-state index is -0.464. The molecule has 0 unspecified atom stereocenters. The topological polar surface area (TPSA) is 84.3 Å². The number of carbonyl (C=O) groups excluding carboxylic acids is 1. The molecule has 1 aliphatic carbocycles. The normalized spacial score (nSPS) is 13.4. The number of aryl methyl sites for hydroxylation is 1. The van der Waals surface area contributed by atoms with Crippen molar-refractivity contribution in [2.75, 3.05) is 5.32 Å². The number of nitro benzene ring substituents is 1. The highest BCUT2D eigenvalue weighted by Gasteiger charge is 2.25. The maximum absolute atomic E-state index is 12.1. The van der Waals surface area contributed by atoms with Crippen LogP contribution in [0.1, 0.15) is 34.3 Å². The molecule has 0 atom stereocenters. The van der Waals surface area contributed by atoms with Gasteiger partial charge in [0.2, 0.25) is 0 Å². The minimum Gasteiger partial charge on any atom is -0.375 e. The Morgan fingerprint density at radius 3 is 2.67 bits per heavy atom. The lowest BCUT2D eigenvalue weighted by Crippen LogP contribution is -2.25. The van der Waals surface area contributed by atoms with Crippen LogP contribution in [0.3, 0.4) is 0 Å². The molecule has 6 nitrogen and oxygen atoms in total. The molecule has 0 heterocycles. The van der Waals surface area contributed by atoms with Crippen LogP contribution in [0, 0.1) is 17.0 Å². The highest BCUT2D eigenvalue weighted by molar-refractivity contribution is 5.96. The van der Waals surface area contributed by atoms with Gasteiger partial charge in [0.05, 0.1) is 4.92 Å². The summed E-state index contributed by atoms with van der Waals surface area (Å²) < 4.78 is 0. The van der Waals surface area contributed by atoms with E-state index in [9.17, 15) is 14.9 Å².